The molecule has 3 rings (SSSR count). The molecule has 1 aliphatic heterocycles. The van der Waals surface area contributed by atoms with Crippen LogP contribution in [-0.2, 0) is 6.42 Å². The smallest absolute Gasteiger partial charge is 0.321 e. The van der Waals surface area contributed by atoms with E-state index in [0.29, 0.717) is 5.92 Å². The zero-order chi connectivity index (χ0) is 18.5. The Morgan fingerprint density at radius 3 is 2.27 bits per heavy atom. The first kappa shape index (κ1) is 18.3. The summed E-state index contributed by atoms with van der Waals surface area (Å²) in [6.07, 6.45) is 1.06. The predicted molar refractivity (Wildman–Crippen MR) is 109 cm³/mol. The van der Waals surface area contributed by atoms with E-state index >= 15 is 0 Å². The van der Waals surface area contributed by atoms with Crippen molar-refractivity contribution in [3.63, 3.8) is 0 Å². The number of carbonyl (C=O) groups is 1. The van der Waals surface area contributed by atoms with E-state index in [9.17, 15) is 4.79 Å². The number of rotatable bonds is 4. The minimum Gasteiger partial charge on any atom is -0.368 e. The molecule has 0 aliphatic carbocycles. The van der Waals surface area contributed by atoms with Crippen LogP contribution < -0.4 is 10.2 Å². The van der Waals surface area contributed by atoms with Gasteiger partial charge in [-0.15, -0.1) is 0 Å². The van der Waals surface area contributed by atoms with Gasteiger partial charge in [0.05, 0.1) is 0 Å². The van der Waals surface area contributed by atoms with Crippen molar-refractivity contribution in [2.75, 3.05) is 36.4 Å². The van der Waals surface area contributed by atoms with Crippen molar-refractivity contribution in [2.24, 2.45) is 0 Å². The molecule has 1 aliphatic rings. The van der Waals surface area contributed by atoms with Crippen LogP contribution in [0.15, 0.2) is 48.5 Å². The molecule has 4 heteroatoms. The minimum absolute atomic E-state index is 0.000851. The van der Waals surface area contributed by atoms with Crippen LogP contribution in [0.3, 0.4) is 0 Å². The molecule has 1 N–H and O–H groups in total. The van der Waals surface area contributed by atoms with E-state index in [1.54, 1.807) is 0 Å². The van der Waals surface area contributed by atoms with Crippen LogP contribution in [0, 0.1) is 0 Å². The lowest BCUT2D eigenvalue weighted by Crippen LogP contribution is -2.50. The highest BCUT2D eigenvalue weighted by atomic mass is 16.2. The maximum absolute atomic E-state index is 12.7. The molecule has 0 unspecified atom stereocenters. The van der Waals surface area contributed by atoms with Crippen LogP contribution in [0.5, 0.6) is 0 Å². The first-order valence-corrected chi connectivity index (χ1v) is 9.57. The van der Waals surface area contributed by atoms with Gasteiger partial charge in [-0.1, -0.05) is 51.1 Å². The van der Waals surface area contributed by atoms with Gasteiger partial charge in [0.2, 0.25) is 0 Å². The van der Waals surface area contributed by atoms with Crippen LogP contribution >= 0.6 is 0 Å². The van der Waals surface area contributed by atoms with Gasteiger partial charge >= 0.3 is 6.03 Å². The first-order chi connectivity index (χ1) is 12.6. The summed E-state index contributed by atoms with van der Waals surface area (Å²) in [7, 11) is 0. The largest absolute Gasteiger partial charge is 0.368 e. The molecule has 2 aromatic rings. The van der Waals surface area contributed by atoms with Gasteiger partial charge in [-0.05, 0) is 41.7 Å². The average molecular weight is 351 g/mol. The fourth-order valence-corrected chi connectivity index (χ4v) is 3.42. The third-order valence-electron chi connectivity index (χ3n) is 5.10. The molecule has 2 aromatic carbocycles. The molecule has 0 spiro atoms. The second-order valence-electron chi connectivity index (χ2n) is 7.17. The summed E-state index contributed by atoms with van der Waals surface area (Å²) in [5.41, 5.74) is 4.70. The van der Waals surface area contributed by atoms with Crippen LogP contribution in [0.4, 0.5) is 16.2 Å². The third kappa shape index (κ3) is 4.18. The Morgan fingerprint density at radius 2 is 1.65 bits per heavy atom. The Labute approximate surface area is 156 Å². The van der Waals surface area contributed by atoms with Crippen LogP contribution in [-0.4, -0.2) is 37.1 Å². The van der Waals surface area contributed by atoms with E-state index in [1.165, 1.54) is 16.8 Å². The van der Waals surface area contributed by atoms with E-state index in [1.807, 2.05) is 23.1 Å². The van der Waals surface area contributed by atoms with Gasteiger partial charge in [0.25, 0.3) is 0 Å². The van der Waals surface area contributed by atoms with Crippen LogP contribution in [0.2, 0.25) is 0 Å². The van der Waals surface area contributed by atoms with Gasteiger partial charge in [0, 0.05) is 37.6 Å². The number of para-hydroxylation sites is 1. The molecule has 0 atom stereocenters. The normalized spacial score (nSPS) is 14.6. The molecule has 26 heavy (non-hydrogen) atoms. The molecule has 1 saturated heterocycles. The van der Waals surface area contributed by atoms with E-state index in [2.05, 4.69) is 61.3 Å². The van der Waals surface area contributed by atoms with E-state index < -0.39 is 0 Å². The van der Waals surface area contributed by atoms with E-state index in [4.69, 9.17) is 0 Å². The second kappa shape index (κ2) is 8.26. The van der Waals surface area contributed by atoms with Gasteiger partial charge in [-0.2, -0.15) is 0 Å². The molecule has 0 bridgehead atoms. The van der Waals surface area contributed by atoms with Gasteiger partial charge in [-0.3, -0.25) is 0 Å². The fraction of sp³-hybridized carbons (Fsp3) is 0.409. The molecule has 2 amide bonds. The standard InChI is InChI=1S/C22H29N3O/c1-4-18-9-11-19(12-10-18)24-13-15-25(16-14-24)22(26)23-21-8-6-5-7-20(21)17(2)3/h5-12,17H,4,13-16H2,1-3H3,(H,23,26). The van der Waals surface area contributed by atoms with Crippen molar-refractivity contribution in [2.45, 2.75) is 33.1 Å². The SMILES string of the molecule is CCc1ccc(N2CCN(C(=O)Nc3ccccc3C(C)C)CC2)cc1. The van der Waals surface area contributed by atoms with Crippen molar-refractivity contribution < 1.29 is 4.79 Å². The Morgan fingerprint density at radius 1 is 1.00 bits per heavy atom. The van der Waals surface area contributed by atoms with Crippen molar-refractivity contribution in [3.05, 3.63) is 59.7 Å². The van der Waals surface area contributed by atoms with Crippen LogP contribution in [0.1, 0.15) is 37.8 Å². The van der Waals surface area contributed by atoms with E-state index in [0.717, 1.165) is 38.3 Å². The fourth-order valence-electron chi connectivity index (χ4n) is 3.42. The molecule has 0 saturated carbocycles. The number of amides is 2. The lowest BCUT2D eigenvalue weighted by atomic mass is 10.0. The minimum atomic E-state index is -0.000851. The lowest BCUT2D eigenvalue weighted by molar-refractivity contribution is 0.208. The maximum atomic E-state index is 12.7. The van der Waals surface area contributed by atoms with Crippen molar-refractivity contribution in [1.82, 2.24) is 4.90 Å². The maximum Gasteiger partial charge on any atom is 0.321 e. The molecular formula is C22H29N3O. The second-order valence-corrected chi connectivity index (χ2v) is 7.17. The number of urea groups is 1. The highest BCUT2D eigenvalue weighted by molar-refractivity contribution is 5.90. The van der Waals surface area contributed by atoms with Gasteiger partial charge in [0.15, 0.2) is 0 Å². The lowest BCUT2D eigenvalue weighted by Gasteiger charge is -2.36. The summed E-state index contributed by atoms with van der Waals surface area (Å²) in [5.74, 6) is 0.384. The summed E-state index contributed by atoms with van der Waals surface area (Å²) in [4.78, 5) is 16.9. The topological polar surface area (TPSA) is 35.6 Å². The molecule has 138 valence electrons. The third-order valence-corrected chi connectivity index (χ3v) is 5.10. The quantitative estimate of drug-likeness (QED) is 0.864. The number of anilines is 2. The number of benzene rings is 2. The number of nitrogens with zero attached hydrogens (tertiary/aromatic N) is 2. The molecular weight excluding hydrogens is 322 g/mol. The number of aryl methyl sites for hydroxylation is 1. The number of piperazine rings is 1. The highest BCUT2D eigenvalue weighted by Crippen LogP contribution is 2.24. The van der Waals surface area contributed by atoms with Crippen LogP contribution in [0.25, 0.3) is 0 Å². The predicted octanol–water partition coefficient (Wildman–Crippen LogP) is 4.73. The first-order valence-electron chi connectivity index (χ1n) is 9.57. The summed E-state index contributed by atoms with van der Waals surface area (Å²) in [6.45, 7) is 9.68. The van der Waals surface area contributed by atoms with Gasteiger partial charge in [0.1, 0.15) is 0 Å². The summed E-state index contributed by atoms with van der Waals surface area (Å²) < 4.78 is 0. The average Bonchev–Trinajstić information content (AvgIpc) is 2.68. The molecule has 1 fully saturated rings. The Kier molecular flexibility index (Phi) is 5.82. The monoisotopic (exact) mass is 351 g/mol. The number of hydrogen-bond acceptors (Lipinski definition) is 2. The molecule has 4 nitrogen and oxygen atoms in total. The summed E-state index contributed by atoms with van der Waals surface area (Å²) in [6, 6.07) is 16.8. The molecule has 0 aromatic heterocycles. The summed E-state index contributed by atoms with van der Waals surface area (Å²) >= 11 is 0. The Bertz CT molecular complexity index is 731. The zero-order valence-electron chi connectivity index (χ0n) is 16.0. The molecule has 1 heterocycles. The zero-order valence-corrected chi connectivity index (χ0v) is 16.0. The number of carbonyl (C=O) groups excluding carboxylic acids is 1. The number of nitrogens with one attached hydrogen (secondary N) is 1. The van der Waals surface area contributed by atoms with E-state index in [-0.39, 0.29) is 6.03 Å². The highest BCUT2D eigenvalue weighted by Gasteiger charge is 2.22. The van der Waals surface area contributed by atoms with Crippen molar-refractivity contribution >= 4 is 17.4 Å². The van der Waals surface area contributed by atoms with Crippen molar-refractivity contribution in [1.29, 1.82) is 0 Å². The summed E-state index contributed by atoms with van der Waals surface area (Å²) in [5, 5.41) is 3.10. The molecule has 0 radical (unpaired) electrons. The number of hydrogen-bond donors (Lipinski definition) is 1. The Hall–Kier alpha value is -2.49. The van der Waals surface area contributed by atoms with Gasteiger partial charge in [-0.25, -0.2) is 4.79 Å². The Balaban J connectivity index is 1.58. The van der Waals surface area contributed by atoms with Gasteiger partial charge < -0.3 is 15.1 Å². The van der Waals surface area contributed by atoms with Crippen molar-refractivity contribution in [3.8, 4) is 0 Å².